The van der Waals surface area contributed by atoms with E-state index in [1.807, 2.05) is 0 Å². The third-order valence-electron chi connectivity index (χ3n) is 2.37. The lowest BCUT2D eigenvalue weighted by atomic mass is 10.5. The summed E-state index contributed by atoms with van der Waals surface area (Å²) in [6, 6.07) is 6.03. The molecule has 0 aliphatic heterocycles. The standard InChI is InChI=1S/C9H20Br4Si2/c10-4-8(12)6-14-2-1-3-15-7-9(13)5-11/h8-9H,1-7,14-15H2. The smallest absolute Gasteiger partial charge is 0.0214 e. The summed E-state index contributed by atoms with van der Waals surface area (Å²) in [5.74, 6) is 0. The Morgan fingerprint density at radius 2 is 1.20 bits per heavy atom. The maximum Gasteiger partial charge on any atom is 0.0214 e. The van der Waals surface area contributed by atoms with E-state index in [0.29, 0.717) is 0 Å². The van der Waals surface area contributed by atoms with E-state index in [4.69, 9.17) is 0 Å². The largest absolute Gasteiger partial charge is 0.0916 e. The molecule has 0 aromatic carbocycles. The first-order valence-corrected chi connectivity index (χ1v) is 13.7. The van der Waals surface area contributed by atoms with E-state index >= 15 is 0 Å². The zero-order chi connectivity index (χ0) is 11.5. The SMILES string of the molecule is BrCC(Br)C[SiH2]CCC[SiH2]CC(Br)CBr. The van der Waals surface area contributed by atoms with E-state index in [-0.39, 0.29) is 19.0 Å². The minimum Gasteiger partial charge on any atom is -0.0916 e. The first-order valence-electron chi connectivity index (χ1n) is 5.60. The average Bonchev–Trinajstić information content (AvgIpc) is 2.26. The van der Waals surface area contributed by atoms with Crippen LogP contribution in [-0.4, -0.2) is 39.4 Å². The van der Waals surface area contributed by atoms with Gasteiger partial charge >= 0.3 is 0 Å². The lowest BCUT2D eigenvalue weighted by molar-refractivity contribution is 1.02. The summed E-state index contributed by atoms with van der Waals surface area (Å²) in [4.78, 5) is 1.48. The molecule has 6 heteroatoms. The monoisotopic (exact) mass is 500 g/mol. The Labute approximate surface area is 132 Å². The predicted molar refractivity (Wildman–Crippen MR) is 94.0 cm³/mol. The molecule has 0 radical (unpaired) electrons. The van der Waals surface area contributed by atoms with Crippen LogP contribution in [0.25, 0.3) is 0 Å². The Bertz CT molecular complexity index is 123. The van der Waals surface area contributed by atoms with Gasteiger partial charge in [0.2, 0.25) is 0 Å². The van der Waals surface area contributed by atoms with Gasteiger partial charge in [0.25, 0.3) is 0 Å². The third kappa shape index (κ3) is 12.6. The molecule has 0 aliphatic carbocycles. The molecule has 0 aliphatic rings. The quantitative estimate of drug-likeness (QED) is 0.242. The lowest BCUT2D eigenvalue weighted by Crippen LogP contribution is -2.05. The molecule has 92 valence electrons. The summed E-state index contributed by atoms with van der Waals surface area (Å²) in [5.41, 5.74) is 0. The Morgan fingerprint density at radius 3 is 1.53 bits per heavy atom. The second-order valence-corrected chi connectivity index (χ2v) is 11.7. The molecule has 0 aromatic rings. The molecule has 0 N–H and O–H groups in total. The molecule has 0 heterocycles. The van der Waals surface area contributed by atoms with Gasteiger partial charge in [-0.3, -0.25) is 0 Å². The summed E-state index contributed by atoms with van der Waals surface area (Å²) in [6.07, 6.45) is 1.52. The molecular weight excluding hydrogens is 484 g/mol. The maximum atomic E-state index is 3.67. The zero-order valence-corrected chi connectivity index (χ0v) is 18.2. The van der Waals surface area contributed by atoms with Gasteiger partial charge in [-0.1, -0.05) is 82.2 Å². The van der Waals surface area contributed by atoms with Crippen LogP contribution in [0.15, 0.2) is 0 Å². The first kappa shape index (κ1) is 17.4. The van der Waals surface area contributed by atoms with Crippen molar-refractivity contribution in [2.75, 3.05) is 10.7 Å². The van der Waals surface area contributed by atoms with Gasteiger partial charge in [0.15, 0.2) is 0 Å². The summed E-state index contributed by atoms with van der Waals surface area (Å²) < 4.78 is 0. The van der Waals surface area contributed by atoms with E-state index in [9.17, 15) is 0 Å². The molecule has 15 heavy (non-hydrogen) atoms. The van der Waals surface area contributed by atoms with Crippen molar-refractivity contribution in [3.05, 3.63) is 0 Å². The van der Waals surface area contributed by atoms with E-state index in [1.165, 1.54) is 18.5 Å². The van der Waals surface area contributed by atoms with Crippen molar-refractivity contribution in [1.82, 2.24) is 0 Å². The van der Waals surface area contributed by atoms with Gasteiger partial charge in [-0.15, -0.1) is 0 Å². The molecule has 2 atom stereocenters. The highest BCUT2D eigenvalue weighted by Crippen LogP contribution is 2.12. The van der Waals surface area contributed by atoms with Gasteiger partial charge in [-0.05, 0) is 12.1 Å². The fourth-order valence-electron chi connectivity index (χ4n) is 1.42. The first-order chi connectivity index (χ1) is 7.20. The summed E-state index contributed by atoms with van der Waals surface area (Å²) in [6.45, 7) is 0. The van der Waals surface area contributed by atoms with Gasteiger partial charge in [0, 0.05) is 39.4 Å². The Kier molecular flexibility index (Phi) is 14.8. The molecule has 0 rings (SSSR count). The molecule has 0 saturated heterocycles. The van der Waals surface area contributed by atoms with Crippen LogP contribution in [0.1, 0.15) is 6.42 Å². The van der Waals surface area contributed by atoms with E-state index in [0.717, 1.165) is 20.3 Å². The molecule has 0 nitrogen and oxygen atoms in total. The van der Waals surface area contributed by atoms with Crippen molar-refractivity contribution >= 4 is 82.8 Å². The van der Waals surface area contributed by atoms with Crippen LogP contribution in [0, 0.1) is 0 Å². The van der Waals surface area contributed by atoms with Gasteiger partial charge in [-0.2, -0.15) is 0 Å². The van der Waals surface area contributed by atoms with Crippen molar-refractivity contribution in [2.45, 2.75) is 40.3 Å². The molecule has 2 unspecified atom stereocenters. The second kappa shape index (κ2) is 12.8. The number of hydrogen-bond acceptors (Lipinski definition) is 0. The van der Waals surface area contributed by atoms with Gasteiger partial charge in [-0.25, -0.2) is 0 Å². The fourth-order valence-corrected chi connectivity index (χ4v) is 9.19. The van der Waals surface area contributed by atoms with Crippen molar-refractivity contribution in [2.24, 2.45) is 0 Å². The average molecular weight is 504 g/mol. The number of halogens is 4. The van der Waals surface area contributed by atoms with Gasteiger partial charge < -0.3 is 0 Å². The molecule has 0 fully saturated rings. The molecule has 0 aromatic heterocycles. The Balaban J connectivity index is 3.05. The third-order valence-corrected chi connectivity index (χ3v) is 13.1. The van der Waals surface area contributed by atoms with Crippen molar-refractivity contribution in [3.63, 3.8) is 0 Å². The van der Waals surface area contributed by atoms with Crippen molar-refractivity contribution < 1.29 is 0 Å². The van der Waals surface area contributed by atoms with E-state index in [2.05, 4.69) is 63.7 Å². The van der Waals surface area contributed by atoms with E-state index < -0.39 is 0 Å². The molecular formula is C9H20Br4Si2. The minimum atomic E-state index is 0.225. The topological polar surface area (TPSA) is 0 Å². The number of hydrogen-bond donors (Lipinski definition) is 0. The Hall–Kier alpha value is 2.35. The van der Waals surface area contributed by atoms with Crippen molar-refractivity contribution in [3.8, 4) is 0 Å². The number of rotatable bonds is 10. The van der Waals surface area contributed by atoms with Crippen LogP contribution in [0.2, 0.25) is 24.2 Å². The predicted octanol–water partition coefficient (Wildman–Crippen LogP) is 3.70. The highest BCUT2D eigenvalue weighted by molar-refractivity contribution is 9.12. The van der Waals surface area contributed by atoms with Crippen LogP contribution in [0.4, 0.5) is 0 Å². The molecule has 0 saturated carbocycles. The molecule has 0 bridgehead atoms. The number of alkyl halides is 4. The molecule has 0 amide bonds. The van der Waals surface area contributed by atoms with Crippen LogP contribution in [-0.2, 0) is 0 Å². The summed E-state index contributed by atoms with van der Waals surface area (Å²) >= 11 is 14.4. The molecule has 0 spiro atoms. The normalized spacial score (nSPS) is 16.8. The summed E-state index contributed by atoms with van der Waals surface area (Å²) in [7, 11) is 0.449. The van der Waals surface area contributed by atoms with Gasteiger partial charge in [0.1, 0.15) is 0 Å². The summed E-state index contributed by atoms with van der Waals surface area (Å²) in [5, 5.41) is 2.23. The fraction of sp³-hybridized carbons (Fsp3) is 1.00. The van der Waals surface area contributed by atoms with Crippen LogP contribution >= 0.6 is 63.7 Å². The van der Waals surface area contributed by atoms with Crippen LogP contribution in [0.3, 0.4) is 0 Å². The van der Waals surface area contributed by atoms with Crippen LogP contribution in [0.5, 0.6) is 0 Å². The highest BCUT2D eigenvalue weighted by atomic mass is 79.9. The highest BCUT2D eigenvalue weighted by Gasteiger charge is 2.03. The van der Waals surface area contributed by atoms with Crippen molar-refractivity contribution in [1.29, 1.82) is 0 Å². The Morgan fingerprint density at radius 1 is 0.800 bits per heavy atom. The van der Waals surface area contributed by atoms with Gasteiger partial charge in [0.05, 0.1) is 0 Å². The maximum absolute atomic E-state index is 3.67. The minimum absolute atomic E-state index is 0.225. The van der Waals surface area contributed by atoms with Crippen LogP contribution < -0.4 is 0 Å². The van der Waals surface area contributed by atoms with E-state index in [1.54, 1.807) is 12.1 Å². The lowest BCUT2D eigenvalue weighted by Gasteiger charge is -2.06. The zero-order valence-electron chi connectivity index (χ0n) is 9.03. The second-order valence-electron chi connectivity index (χ2n) is 3.85.